The van der Waals surface area contributed by atoms with Gasteiger partial charge in [-0.3, -0.25) is 4.79 Å². The number of H-pyrrole nitrogens is 1. The Morgan fingerprint density at radius 2 is 2.11 bits per heavy atom. The summed E-state index contributed by atoms with van der Waals surface area (Å²) in [6, 6.07) is 8.85. The molecule has 3 N–H and O–H groups in total. The highest BCUT2D eigenvalue weighted by molar-refractivity contribution is 6.32. The van der Waals surface area contributed by atoms with Crippen LogP contribution >= 0.6 is 11.6 Å². The molecule has 94 valence electrons. The van der Waals surface area contributed by atoms with Crippen LogP contribution in [0.25, 0.3) is 11.3 Å². The minimum absolute atomic E-state index is 0.179. The van der Waals surface area contributed by atoms with E-state index >= 15 is 0 Å². The van der Waals surface area contributed by atoms with Crippen molar-refractivity contribution in [2.45, 2.75) is 6.54 Å². The summed E-state index contributed by atoms with van der Waals surface area (Å²) in [6.45, 7) is 0.221. The van der Waals surface area contributed by atoms with Gasteiger partial charge >= 0.3 is 0 Å². The number of halogens is 1. The SMILES string of the molecule is COc1ccc(-c2ccc(CN)c(=O)[nH]2)cc1Cl. The van der Waals surface area contributed by atoms with E-state index in [0.717, 1.165) is 5.56 Å². The van der Waals surface area contributed by atoms with Gasteiger partial charge in [0.2, 0.25) is 0 Å². The molecule has 0 unspecified atom stereocenters. The molecule has 0 aliphatic rings. The van der Waals surface area contributed by atoms with Crippen molar-refractivity contribution in [3.63, 3.8) is 0 Å². The standard InChI is InChI=1S/C13H13ClN2O2/c1-18-12-5-3-8(6-10(12)14)11-4-2-9(7-15)13(17)16-11/h2-6H,7,15H2,1H3,(H,16,17). The molecule has 0 saturated heterocycles. The summed E-state index contributed by atoms with van der Waals surface area (Å²) in [5, 5.41) is 0.499. The number of pyridine rings is 1. The number of nitrogens with two attached hydrogens (primary N) is 1. The fourth-order valence-corrected chi connectivity index (χ4v) is 1.92. The van der Waals surface area contributed by atoms with Crippen molar-refractivity contribution >= 4 is 11.6 Å². The lowest BCUT2D eigenvalue weighted by atomic mass is 10.1. The molecule has 1 heterocycles. The molecule has 2 rings (SSSR count). The number of rotatable bonds is 3. The maximum Gasteiger partial charge on any atom is 0.252 e. The molecule has 0 fully saturated rings. The van der Waals surface area contributed by atoms with Crippen molar-refractivity contribution in [3.8, 4) is 17.0 Å². The van der Waals surface area contributed by atoms with E-state index in [1.165, 1.54) is 0 Å². The normalized spacial score (nSPS) is 10.4. The van der Waals surface area contributed by atoms with Crippen LogP contribution in [-0.4, -0.2) is 12.1 Å². The first-order valence-electron chi connectivity index (χ1n) is 5.42. The van der Waals surface area contributed by atoms with E-state index in [0.29, 0.717) is 22.0 Å². The molecule has 0 amide bonds. The quantitative estimate of drug-likeness (QED) is 0.893. The first-order chi connectivity index (χ1) is 8.65. The summed E-state index contributed by atoms with van der Waals surface area (Å²) in [7, 11) is 1.55. The molecule has 0 saturated carbocycles. The van der Waals surface area contributed by atoms with Gasteiger partial charge in [0.05, 0.1) is 12.1 Å². The van der Waals surface area contributed by atoms with Gasteiger partial charge < -0.3 is 15.5 Å². The smallest absolute Gasteiger partial charge is 0.252 e. The highest BCUT2D eigenvalue weighted by atomic mass is 35.5. The Morgan fingerprint density at radius 3 is 2.67 bits per heavy atom. The molecule has 1 aromatic carbocycles. The van der Waals surface area contributed by atoms with Crippen molar-refractivity contribution in [2.75, 3.05) is 7.11 Å². The summed E-state index contributed by atoms with van der Waals surface area (Å²) < 4.78 is 5.08. The lowest BCUT2D eigenvalue weighted by molar-refractivity contribution is 0.415. The Morgan fingerprint density at radius 1 is 1.33 bits per heavy atom. The molecule has 0 aliphatic carbocycles. The molecule has 4 nitrogen and oxygen atoms in total. The largest absolute Gasteiger partial charge is 0.495 e. The Labute approximate surface area is 109 Å². The molecule has 0 spiro atoms. The van der Waals surface area contributed by atoms with E-state index < -0.39 is 0 Å². The number of ether oxygens (including phenoxy) is 1. The molecule has 18 heavy (non-hydrogen) atoms. The summed E-state index contributed by atoms with van der Waals surface area (Å²) in [5.41, 5.74) is 7.34. The Balaban J connectivity index is 2.46. The molecular formula is C13H13ClN2O2. The van der Waals surface area contributed by atoms with Gasteiger partial charge in [-0.05, 0) is 29.8 Å². The number of aromatic nitrogens is 1. The van der Waals surface area contributed by atoms with Gasteiger partial charge in [-0.15, -0.1) is 0 Å². The summed E-state index contributed by atoms with van der Waals surface area (Å²) in [4.78, 5) is 14.4. The van der Waals surface area contributed by atoms with Crippen molar-refractivity contribution in [1.29, 1.82) is 0 Å². The van der Waals surface area contributed by atoms with Crippen LogP contribution in [0.1, 0.15) is 5.56 Å². The van der Waals surface area contributed by atoms with Gasteiger partial charge in [0.15, 0.2) is 0 Å². The zero-order chi connectivity index (χ0) is 13.1. The Hall–Kier alpha value is -1.78. The van der Waals surface area contributed by atoms with Crippen LogP contribution in [0.2, 0.25) is 5.02 Å². The van der Waals surface area contributed by atoms with Gasteiger partial charge in [-0.1, -0.05) is 17.7 Å². The minimum atomic E-state index is -0.179. The second-order valence-corrected chi connectivity index (χ2v) is 4.19. The van der Waals surface area contributed by atoms with Crippen molar-refractivity contribution in [2.24, 2.45) is 5.73 Å². The Kier molecular flexibility index (Phi) is 3.69. The van der Waals surface area contributed by atoms with Gasteiger partial charge in [-0.25, -0.2) is 0 Å². The van der Waals surface area contributed by atoms with Gasteiger partial charge in [-0.2, -0.15) is 0 Å². The summed E-state index contributed by atoms with van der Waals surface area (Å²) >= 11 is 6.04. The second-order valence-electron chi connectivity index (χ2n) is 3.78. The minimum Gasteiger partial charge on any atom is -0.495 e. The van der Waals surface area contributed by atoms with E-state index in [1.54, 1.807) is 25.3 Å². The van der Waals surface area contributed by atoms with E-state index in [2.05, 4.69) is 4.98 Å². The van der Waals surface area contributed by atoms with Crippen LogP contribution in [0, 0.1) is 0 Å². The molecule has 0 atom stereocenters. The highest BCUT2D eigenvalue weighted by Gasteiger charge is 2.05. The molecule has 1 aromatic heterocycles. The maximum atomic E-state index is 11.7. The first-order valence-corrected chi connectivity index (χ1v) is 5.79. The summed E-state index contributed by atoms with van der Waals surface area (Å²) in [6.07, 6.45) is 0. The predicted octanol–water partition coefficient (Wildman–Crippen LogP) is 2.16. The van der Waals surface area contributed by atoms with Crippen LogP contribution in [0.5, 0.6) is 5.75 Å². The molecule has 0 aliphatic heterocycles. The summed E-state index contributed by atoms with van der Waals surface area (Å²) in [5.74, 6) is 0.598. The predicted molar refractivity (Wildman–Crippen MR) is 72.0 cm³/mol. The number of aromatic amines is 1. The fraction of sp³-hybridized carbons (Fsp3) is 0.154. The van der Waals surface area contributed by atoms with Crippen molar-refractivity contribution in [1.82, 2.24) is 4.98 Å². The van der Waals surface area contributed by atoms with Gasteiger partial charge in [0.1, 0.15) is 5.75 Å². The van der Waals surface area contributed by atoms with Crippen LogP contribution in [0.3, 0.4) is 0 Å². The molecule has 0 bridgehead atoms. The highest BCUT2D eigenvalue weighted by Crippen LogP contribution is 2.28. The Bertz CT molecular complexity index is 623. The van der Waals surface area contributed by atoms with E-state index in [4.69, 9.17) is 22.1 Å². The topological polar surface area (TPSA) is 68.1 Å². The van der Waals surface area contributed by atoms with Crippen LogP contribution in [-0.2, 0) is 6.54 Å². The first kappa shape index (κ1) is 12.7. The molecule has 5 heteroatoms. The van der Waals surface area contributed by atoms with Crippen molar-refractivity contribution < 1.29 is 4.74 Å². The number of hydrogen-bond acceptors (Lipinski definition) is 3. The number of hydrogen-bond donors (Lipinski definition) is 2. The second kappa shape index (κ2) is 5.25. The fourth-order valence-electron chi connectivity index (χ4n) is 1.67. The average Bonchev–Trinajstić information content (AvgIpc) is 2.38. The zero-order valence-electron chi connectivity index (χ0n) is 9.87. The average molecular weight is 265 g/mol. The van der Waals surface area contributed by atoms with Crippen LogP contribution < -0.4 is 16.0 Å². The van der Waals surface area contributed by atoms with E-state index in [-0.39, 0.29) is 12.1 Å². The number of nitrogens with one attached hydrogen (secondary N) is 1. The zero-order valence-corrected chi connectivity index (χ0v) is 10.6. The monoisotopic (exact) mass is 264 g/mol. The van der Waals surface area contributed by atoms with E-state index in [9.17, 15) is 4.79 Å². The van der Waals surface area contributed by atoms with Crippen LogP contribution in [0.15, 0.2) is 35.1 Å². The molecular weight excluding hydrogens is 252 g/mol. The third kappa shape index (κ3) is 2.39. The number of methoxy groups -OCH3 is 1. The van der Waals surface area contributed by atoms with Gasteiger partial charge in [0.25, 0.3) is 5.56 Å². The van der Waals surface area contributed by atoms with Gasteiger partial charge in [0, 0.05) is 17.8 Å². The molecule has 0 radical (unpaired) electrons. The number of benzene rings is 1. The molecule has 2 aromatic rings. The van der Waals surface area contributed by atoms with E-state index in [1.807, 2.05) is 12.1 Å². The van der Waals surface area contributed by atoms with Crippen LogP contribution in [0.4, 0.5) is 0 Å². The lowest BCUT2D eigenvalue weighted by Crippen LogP contribution is -2.15. The third-order valence-corrected chi connectivity index (χ3v) is 2.97. The maximum absolute atomic E-state index is 11.7. The third-order valence-electron chi connectivity index (χ3n) is 2.67. The lowest BCUT2D eigenvalue weighted by Gasteiger charge is -2.06. The van der Waals surface area contributed by atoms with Crippen molar-refractivity contribution in [3.05, 3.63) is 51.3 Å².